The predicted molar refractivity (Wildman–Crippen MR) is 138 cm³/mol. The normalized spacial score (nSPS) is 13.8. The van der Waals surface area contributed by atoms with Gasteiger partial charge < -0.3 is 34.1 Å². The summed E-state index contributed by atoms with van der Waals surface area (Å²) in [5, 5.41) is 3.45. The molecule has 1 heterocycles. The van der Waals surface area contributed by atoms with Crippen molar-refractivity contribution in [2.45, 2.75) is 6.54 Å². The van der Waals surface area contributed by atoms with Crippen LogP contribution in [0.2, 0.25) is 0 Å². The van der Waals surface area contributed by atoms with E-state index in [2.05, 4.69) is 26.2 Å². The van der Waals surface area contributed by atoms with E-state index in [-0.39, 0.29) is 24.0 Å². The third-order valence-electron chi connectivity index (χ3n) is 5.46. The molecular weight excluding hydrogens is 523 g/mol. The van der Waals surface area contributed by atoms with Crippen LogP contribution in [-0.2, 0) is 6.54 Å². The highest BCUT2D eigenvalue weighted by Crippen LogP contribution is 2.34. The molecule has 32 heavy (non-hydrogen) atoms. The molecule has 3 rings (SSSR count). The summed E-state index contributed by atoms with van der Waals surface area (Å²) in [5.41, 5.74) is 2.04. The number of rotatable bonds is 7. The average Bonchev–Trinajstić information content (AvgIpc) is 2.84. The van der Waals surface area contributed by atoms with Crippen LogP contribution in [0.3, 0.4) is 0 Å². The molecule has 2 aromatic carbocycles. The Morgan fingerprint density at radius 1 is 0.875 bits per heavy atom. The third kappa shape index (κ3) is 5.81. The van der Waals surface area contributed by atoms with Crippen LogP contribution in [-0.4, -0.2) is 72.5 Å². The first kappa shape index (κ1) is 25.7. The number of aliphatic imine (C=N–C) groups is 1. The average molecular weight is 556 g/mol. The number of halogens is 1. The Bertz CT molecular complexity index is 876. The van der Waals surface area contributed by atoms with Crippen LogP contribution < -0.4 is 29.2 Å². The Morgan fingerprint density at radius 2 is 1.47 bits per heavy atom. The smallest absolute Gasteiger partial charge is 0.194 e. The highest BCUT2D eigenvalue weighted by Gasteiger charge is 2.22. The maximum absolute atomic E-state index is 5.55. The van der Waals surface area contributed by atoms with Gasteiger partial charge in [-0.2, -0.15) is 0 Å². The zero-order chi connectivity index (χ0) is 22.2. The molecular formula is C23H33IN4O4. The molecule has 0 spiro atoms. The number of hydrogen-bond donors (Lipinski definition) is 1. The molecule has 0 aromatic heterocycles. The van der Waals surface area contributed by atoms with Gasteiger partial charge in [0.25, 0.3) is 0 Å². The SMILES string of the molecule is CN=C(NCc1c(OC)cc(OC)cc1OC)N1CCN(c2ccccc2OC)CC1.I. The molecule has 0 unspecified atom stereocenters. The number of guanidine groups is 1. The zero-order valence-corrected chi connectivity index (χ0v) is 21.7. The quantitative estimate of drug-likeness (QED) is 0.319. The van der Waals surface area contributed by atoms with E-state index in [1.165, 1.54) is 0 Å². The number of benzene rings is 2. The van der Waals surface area contributed by atoms with Gasteiger partial charge in [0.05, 0.1) is 46.2 Å². The first-order valence-electron chi connectivity index (χ1n) is 10.3. The van der Waals surface area contributed by atoms with Crippen LogP contribution in [0.5, 0.6) is 23.0 Å². The second-order valence-corrected chi connectivity index (χ2v) is 7.06. The van der Waals surface area contributed by atoms with E-state index in [1.54, 1.807) is 35.5 Å². The Hall–Kier alpha value is -2.56. The molecule has 2 aromatic rings. The molecule has 1 saturated heterocycles. The van der Waals surface area contributed by atoms with Gasteiger partial charge in [-0.15, -0.1) is 24.0 Å². The number of nitrogens with one attached hydrogen (secondary N) is 1. The van der Waals surface area contributed by atoms with Crippen molar-refractivity contribution in [3.63, 3.8) is 0 Å². The molecule has 0 saturated carbocycles. The minimum Gasteiger partial charge on any atom is -0.496 e. The molecule has 8 nitrogen and oxygen atoms in total. The third-order valence-corrected chi connectivity index (χ3v) is 5.46. The fraction of sp³-hybridized carbons (Fsp3) is 0.435. The summed E-state index contributed by atoms with van der Waals surface area (Å²) in [5.74, 6) is 3.85. The van der Waals surface area contributed by atoms with Crippen LogP contribution in [0, 0.1) is 0 Å². The van der Waals surface area contributed by atoms with Crippen molar-refractivity contribution in [2.24, 2.45) is 4.99 Å². The largest absolute Gasteiger partial charge is 0.496 e. The minimum atomic E-state index is 0. The summed E-state index contributed by atoms with van der Waals surface area (Å²) in [6, 6.07) is 11.8. The van der Waals surface area contributed by atoms with Gasteiger partial charge >= 0.3 is 0 Å². The topological polar surface area (TPSA) is 67.8 Å². The van der Waals surface area contributed by atoms with Crippen LogP contribution in [0.1, 0.15) is 5.56 Å². The number of methoxy groups -OCH3 is 4. The van der Waals surface area contributed by atoms with Gasteiger partial charge in [-0.3, -0.25) is 4.99 Å². The summed E-state index contributed by atoms with van der Waals surface area (Å²) in [6.45, 7) is 4.01. The number of piperazine rings is 1. The van der Waals surface area contributed by atoms with E-state index in [9.17, 15) is 0 Å². The van der Waals surface area contributed by atoms with Gasteiger partial charge in [-0.25, -0.2) is 0 Å². The van der Waals surface area contributed by atoms with E-state index >= 15 is 0 Å². The summed E-state index contributed by atoms with van der Waals surface area (Å²) in [4.78, 5) is 9.09. The van der Waals surface area contributed by atoms with Gasteiger partial charge in [0, 0.05) is 45.4 Å². The van der Waals surface area contributed by atoms with Crippen LogP contribution in [0.4, 0.5) is 5.69 Å². The lowest BCUT2D eigenvalue weighted by Crippen LogP contribution is -2.52. The molecule has 0 aliphatic carbocycles. The molecule has 0 atom stereocenters. The Balaban J connectivity index is 0.00000363. The number of hydrogen-bond acceptors (Lipinski definition) is 6. The fourth-order valence-electron chi connectivity index (χ4n) is 3.80. The van der Waals surface area contributed by atoms with E-state index in [0.29, 0.717) is 23.8 Å². The molecule has 9 heteroatoms. The monoisotopic (exact) mass is 556 g/mol. The molecule has 1 N–H and O–H groups in total. The predicted octanol–water partition coefficient (Wildman–Crippen LogP) is 3.24. The highest BCUT2D eigenvalue weighted by atomic mass is 127. The molecule has 1 fully saturated rings. The molecule has 1 aliphatic heterocycles. The molecule has 0 bridgehead atoms. The number of ether oxygens (including phenoxy) is 4. The van der Waals surface area contributed by atoms with Gasteiger partial charge in [0.2, 0.25) is 0 Å². The van der Waals surface area contributed by atoms with E-state index in [4.69, 9.17) is 18.9 Å². The van der Waals surface area contributed by atoms with Crippen molar-refractivity contribution < 1.29 is 18.9 Å². The zero-order valence-electron chi connectivity index (χ0n) is 19.4. The Labute approximate surface area is 207 Å². The van der Waals surface area contributed by atoms with E-state index in [0.717, 1.165) is 49.1 Å². The van der Waals surface area contributed by atoms with Gasteiger partial charge in [0.15, 0.2) is 5.96 Å². The highest BCUT2D eigenvalue weighted by molar-refractivity contribution is 14.0. The van der Waals surface area contributed by atoms with Crippen LogP contribution >= 0.6 is 24.0 Å². The first-order chi connectivity index (χ1) is 15.1. The number of para-hydroxylation sites is 2. The second-order valence-electron chi connectivity index (χ2n) is 7.06. The summed E-state index contributed by atoms with van der Waals surface area (Å²) < 4.78 is 22.0. The van der Waals surface area contributed by atoms with Crippen molar-refractivity contribution >= 4 is 35.6 Å². The fourth-order valence-corrected chi connectivity index (χ4v) is 3.80. The lowest BCUT2D eigenvalue weighted by atomic mass is 10.1. The Kier molecular flexibility index (Phi) is 10.0. The molecule has 0 amide bonds. The first-order valence-corrected chi connectivity index (χ1v) is 10.3. The van der Waals surface area contributed by atoms with Gasteiger partial charge in [-0.1, -0.05) is 12.1 Å². The van der Waals surface area contributed by atoms with Gasteiger partial charge in [0.1, 0.15) is 23.0 Å². The van der Waals surface area contributed by atoms with Crippen molar-refractivity contribution in [3.8, 4) is 23.0 Å². The minimum absolute atomic E-state index is 0. The van der Waals surface area contributed by atoms with Crippen LogP contribution in [0.15, 0.2) is 41.4 Å². The van der Waals surface area contributed by atoms with Crippen molar-refractivity contribution in [2.75, 3.05) is 66.6 Å². The molecule has 1 aliphatic rings. The summed E-state index contributed by atoms with van der Waals surface area (Å²) in [7, 11) is 8.42. The summed E-state index contributed by atoms with van der Waals surface area (Å²) >= 11 is 0. The van der Waals surface area contributed by atoms with Gasteiger partial charge in [-0.05, 0) is 12.1 Å². The molecule has 0 radical (unpaired) electrons. The number of nitrogens with zero attached hydrogens (tertiary/aromatic N) is 3. The van der Waals surface area contributed by atoms with E-state index in [1.807, 2.05) is 30.3 Å². The summed E-state index contributed by atoms with van der Waals surface area (Å²) in [6.07, 6.45) is 0. The lowest BCUT2D eigenvalue weighted by molar-refractivity contribution is 0.360. The number of anilines is 1. The van der Waals surface area contributed by atoms with Crippen molar-refractivity contribution in [1.82, 2.24) is 10.2 Å². The maximum Gasteiger partial charge on any atom is 0.194 e. The molecule has 176 valence electrons. The standard InChI is InChI=1S/C23H32N4O4.HI/c1-24-23(25-16-18-21(30-4)14-17(28-2)15-22(18)31-5)27-12-10-26(11-13-27)19-8-6-7-9-20(19)29-3;/h6-9,14-15H,10-13,16H2,1-5H3,(H,24,25);1H. The maximum atomic E-state index is 5.55. The Morgan fingerprint density at radius 3 is 2.00 bits per heavy atom. The second kappa shape index (κ2) is 12.5. The van der Waals surface area contributed by atoms with Crippen molar-refractivity contribution in [3.05, 3.63) is 42.0 Å². The van der Waals surface area contributed by atoms with Crippen LogP contribution in [0.25, 0.3) is 0 Å². The lowest BCUT2D eigenvalue weighted by Gasteiger charge is -2.38. The van der Waals surface area contributed by atoms with E-state index < -0.39 is 0 Å². The van der Waals surface area contributed by atoms with Crippen molar-refractivity contribution in [1.29, 1.82) is 0 Å².